The van der Waals surface area contributed by atoms with E-state index in [4.69, 9.17) is 31.5 Å². The number of esters is 1. The molecule has 0 aliphatic carbocycles. The summed E-state index contributed by atoms with van der Waals surface area (Å²) in [6, 6.07) is 2.92. The Hall–Kier alpha value is -1.46. The molecule has 2 N–H and O–H groups in total. The lowest BCUT2D eigenvalue weighted by molar-refractivity contribution is 0.0175. The van der Waals surface area contributed by atoms with Crippen LogP contribution in [0.2, 0.25) is 5.02 Å². The fourth-order valence-corrected chi connectivity index (χ4v) is 1.56. The van der Waals surface area contributed by atoms with Crippen LogP contribution in [-0.4, -0.2) is 32.4 Å². The van der Waals surface area contributed by atoms with Crippen molar-refractivity contribution in [3.63, 3.8) is 0 Å². The van der Waals surface area contributed by atoms with Crippen LogP contribution in [0.25, 0.3) is 0 Å². The zero-order valence-corrected chi connectivity index (χ0v) is 12.0. The van der Waals surface area contributed by atoms with Crippen molar-refractivity contribution in [2.24, 2.45) is 0 Å². The maximum atomic E-state index is 11.9. The van der Waals surface area contributed by atoms with Gasteiger partial charge in [-0.15, -0.1) is 0 Å². The van der Waals surface area contributed by atoms with Crippen LogP contribution in [0.4, 0.5) is 5.69 Å². The summed E-state index contributed by atoms with van der Waals surface area (Å²) in [5.41, 5.74) is 6.22. The molecule has 0 aliphatic rings. The lowest BCUT2D eigenvalue weighted by Crippen LogP contribution is -2.14. The molecule has 0 atom stereocenters. The molecule has 0 bridgehead atoms. The van der Waals surface area contributed by atoms with Crippen LogP contribution in [0.1, 0.15) is 24.2 Å². The summed E-state index contributed by atoms with van der Waals surface area (Å²) in [5, 5.41) is 0.284. The van der Waals surface area contributed by atoms with Crippen molar-refractivity contribution in [2.75, 3.05) is 26.1 Å². The maximum Gasteiger partial charge on any atom is 0.342 e. The largest absolute Gasteiger partial charge is 0.496 e. The SMILES string of the molecule is COc1cc(N)c(Cl)cc1C(=O)OCCOC(C)C. The number of benzene rings is 1. The number of halogens is 1. The number of methoxy groups -OCH3 is 1. The highest BCUT2D eigenvalue weighted by molar-refractivity contribution is 6.33. The Balaban J connectivity index is 2.68. The second-order valence-electron chi connectivity index (χ2n) is 4.13. The van der Waals surface area contributed by atoms with Gasteiger partial charge >= 0.3 is 5.97 Å². The van der Waals surface area contributed by atoms with Gasteiger partial charge in [0.25, 0.3) is 0 Å². The molecule has 0 aromatic heterocycles. The molecule has 0 fully saturated rings. The van der Waals surface area contributed by atoms with Crippen LogP contribution in [0.3, 0.4) is 0 Å². The van der Waals surface area contributed by atoms with Crippen LogP contribution < -0.4 is 10.5 Å². The third-order valence-corrected chi connectivity index (χ3v) is 2.63. The third kappa shape index (κ3) is 4.61. The van der Waals surface area contributed by atoms with Crippen molar-refractivity contribution in [1.29, 1.82) is 0 Å². The first-order valence-electron chi connectivity index (χ1n) is 5.87. The first-order chi connectivity index (χ1) is 8.95. The van der Waals surface area contributed by atoms with Crippen LogP contribution in [0.5, 0.6) is 5.75 Å². The summed E-state index contributed by atoms with van der Waals surface area (Å²) < 4.78 is 15.4. The summed E-state index contributed by atoms with van der Waals surface area (Å²) >= 11 is 5.88. The Kier molecular flexibility index (Phi) is 5.92. The van der Waals surface area contributed by atoms with Crippen molar-refractivity contribution < 1.29 is 19.0 Å². The topological polar surface area (TPSA) is 70.8 Å². The molecule has 106 valence electrons. The molecule has 1 aromatic rings. The van der Waals surface area contributed by atoms with Gasteiger partial charge < -0.3 is 19.9 Å². The van der Waals surface area contributed by atoms with Gasteiger partial charge in [-0.1, -0.05) is 11.6 Å². The smallest absolute Gasteiger partial charge is 0.342 e. The monoisotopic (exact) mass is 287 g/mol. The predicted octanol–water partition coefficient (Wildman–Crippen LogP) is 2.51. The molecule has 0 unspecified atom stereocenters. The first-order valence-corrected chi connectivity index (χ1v) is 6.25. The molecule has 1 rings (SSSR count). The number of hydrogen-bond acceptors (Lipinski definition) is 5. The number of ether oxygens (including phenoxy) is 3. The molecule has 5 nitrogen and oxygen atoms in total. The van der Waals surface area contributed by atoms with E-state index in [0.717, 1.165) is 0 Å². The number of anilines is 1. The van der Waals surface area contributed by atoms with Crippen LogP contribution in [0.15, 0.2) is 12.1 Å². The summed E-state index contributed by atoms with van der Waals surface area (Å²) in [6.45, 7) is 4.33. The van der Waals surface area contributed by atoms with Crippen molar-refractivity contribution in [2.45, 2.75) is 20.0 Å². The van der Waals surface area contributed by atoms with Gasteiger partial charge in [0.15, 0.2) is 0 Å². The number of carbonyl (C=O) groups is 1. The Labute approximate surface area is 117 Å². The zero-order chi connectivity index (χ0) is 14.4. The Morgan fingerprint density at radius 1 is 1.37 bits per heavy atom. The second kappa shape index (κ2) is 7.21. The van der Waals surface area contributed by atoms with Gasteiger partial charge in [0.2, 0.25) is 0 Å². The standard InChI is InChI=1S/C13H18ClNO4/c1-8(2)18-4-5-19-13(16)9-6-10(14)11(15)7-12(9)17-3/h6-8H,4-5,15H2,1-3H3. The average Bonchev–Trinajstić information content (AvgIpc) is 2.36. The Morgan fingerprint density at radius 2 is 2.05 bits per heavy atom. The summed E-state index contributed by atoms with van der Waals surface area (Å²) in [7, 11) is 1.45. The van der Waals surface area contributed by atoms with Crippen molar-refractivity contribution in [1.82, 2.24) is 0 Å². The van der Waals surface area contributed by atoms with Crippen LogP contribution in [-0.2, 0) is 9.47 Å². The van der Waals surface area contributed by atoms with E-state index in [1.807, 2.05) is 13.8 Å². The first kappa shape index (κ1) is 15.6. The van der Waals surface area contributed by atoms with Crippen LogP contribution in [0, 0.1) is 0 Å². The number of nitrogen functional groups attached to an aromatic ring is 1. The van der Waals surface area contributed by atoms with Gasteiger partial charge in [-0.3, -0.25) is 0 Å². The van der Waals surface area contributed by atoms with Crippen LogP contribution >= 0.6 is 11.6 Å². The lowest BCUT2D eigenvalue weighted by Gasteiger charge is -2.11. The van der Waals surface area contributed by atoms with E-state index in [2.05, 4.69) is 0 Å². The van der Waals surface area contributed by atoms with Crippen molar-refractivity contribution in [3.05, 3.63) is 22.7 Å². The molecule has 1 aromatic carbocycles. The van der Waals surface area contributed by atoms with Gasteiger partial charge in [0.05, 0.1) is 30.5 Å². The van der Waals surface area contributed by atoms with Gasteiger partial charge in [-0.2, -0.15) is 0 Å². The van der Waals surface area contributed by atoms with E-state index >= 15 is 0 Å². The average molecular weight is 288 g/mol. The van der Waals surface area contributed by atoms with E-state index in [1.54, 1.807) is 0 Å². The van der Waals surface area contributed by atoms with E-state index in [1.165, 1.54) is 19.2 Å². The minimum absolute atomic E-state index is 0.0965. The highest BCUT2D eigenvalue weighted by atomic mass is 35.5. The van der Waals surface area contributed by atoms with Gasteiger partial charge in [0, 0.05) is 6.07 Å². The molecule has 0 amide bonds. The summed E-state index contributed by atoms with van der Waals surface area (Å²) in [4.78, 5) is 11.9. The van der Waals surface area contributed by atoms with Gasteiger partial charge in [0.1, 0.15) is 17.9 Å². The molecular formula is C13H18ClNO4. The Morgan fingerprint density at radius 3 is 2.63 bits per heavy atom. The Bertz CT molecular complexity index is 449. The fraction of sp³-hybridized carbons (Fsp3) is 0.462. The molecule has 0 aliphatic heterocycles. The van der Waals surface area contributed by atoms with E-state index in [9.17, 15) is 4.79 Å². The number of hydrogen-bond donors (Lipinski definition) is 1. The third-order valence-electron chi connectivity index (χ3n) is 2.31. The predicted molar refractivity (Wildman–Crippen MR) is 73.8 cm³/mol. The molecule has 0 saturated heterocycles. The summed E-state index contributed by atoms with van der Waals surface area (Å²) in [6.07, 6.45) is 0.0965. The molecule has 0 radical (unpaired) electrons. The zero-order valence-electron chi connectivity index (χ0n) is 11.2. The number of carbonyl (C=O) groups excluding carboxylic acids is 1. The van der Waals surface area contributed by atoms with E-state index in [0.29, 0.717) is 18.0 Å². The van der Waals surface area contributed by atoms with Crippen molar-refractivity contribution >= 4 is 23.3 Å². The fourth-order valence-electron chi connectivity index (χ4n) is 1.39. The molecule has 19 heavy (non-hydrogen) atoms. The number of rotatable bonds is 6. The van der Waals surface area contributed by atoms with Gasteiger partial charge in [-0.25, -0.2) is 4.79 Å². The molecular weight excluding hydrogens is 270 g/mol. The molecule has 6 heteroatoms. The van der Waals surface area contributed by atoms with E-state index < -0.39 is 5.97 Å². The normalized spacial score (nSPS) is 10.6. The minimum atomic E-state index is -0.522. The molecule has 0 spiro atoms. The highest BCUT2D eigenvalue weighted by Crippen LogP contribution is 2.29. The minimum Gasteiger partial charge on any atom is -0.496 e. The lowest BCUT2D eigenvalue weighted by atomic mass is 10.2. The van der Waals surface area contributed by atoms with Crippen molar-refractivity contribution in [3.8, 4) is 5.75 Å². The van der Waals surface area contributed by atoms with E-state index in [-0.39, 0.29) is 23.3 Å². The maximum absolute atomic E-state index is 11.9. The molecule has 0 heterocycles. The van der Waals surface area contributed by atoms with Gasteiger partial charge in [-0.05, 0) is 19.9 Å². The molecule has 0 saturated carbocycles. The highest BCUT2D eigenvalue weighted by Gasteiger charge is 2.16. The summed E-state index contributed by atoms with van der Waals surface area (Å²) in [5.74, 6) is -0.192. The number of nitrogens with two attached hydrogens (primary N) is 1. The quantitative estimate of drug-likeness (QED) is 0.494. The second-order valence-corrected chi connectivity index (χ2v) is 4.54.